The summed E-state index contributed by atoms with van der Waals surface area (Å²) in [6, 6.07) is 6.78. The van der Waals surface area contributed by atoms with E-state index in [4.69, 9.17) is 0 Å². The van der Waals surface area contributed by atoms with Crippen molar-refractivity contribution in [3.05, 3.63) is 59.7 Å². The van der Waals surface area contributed by atoms with Crippen LogP contribution in [0.5, 0.6) is 11.5 Å². The molecule has 1 aliphatic heterocycles. The van der Waals surface area contributed by atoms with Crippen molar-refractivity contribution < 1.29 is 44.4 Å². The monoisotopic (exact) mass is 556 g/mol. The van der Waals surface area contributed by atoms with Gasteiger partial charge >= 0.3 is 11.9 Å². The van der Waals surface area contributed by atoms with Gasteiger partial charge in [-0.25, -0.2) is 4.79 Å². The summed E-state index contributed by atoms with van der Waals surface area (Å²) in [6.07, 6.45) is 0.324. The van der Waals surface area contributed by atoms with Gasteiger partial charge < -0.3 is 41.7 Å². The molecule has 1 heterocycles. The zero-order valence-corrected chi connectivity index (χ0v) is 21.5. The number of rotatable bonds is 13. The molecule has 1 saturated heterocycles. The maximum Gasteiger partial charge on any atom is 0.326 e. The van der Waals surface area contributed by atoms with Crippen molar-refractivity contribution in [3.63, 3.8) is 0 Å². The molecule has 1 fully saturated rings. The van der Waals surface area contributed by atoms with Gasteiger partial charge in [-0.1, -0.05) is 24.3 Å². The van der Waals surface area contributed by atoms with E-state index in [9.17, 15) is 44.4 Å². The molecule has 8 N–H and O–H groups in total. The molecule has 3 amide bonds. The van der Waals surface area contributed by atoms with E-state index < -0.39 is 60.2 Å². The van der Waals surface area contributed by atoms with Gasteiger partial charge in [-0.3, -0.25) is 19.2 Å². The van der Waals surface area contributed by atoms with E-state index in [0.717, 1.165) is 6.42 Å². The highest BCUT2D eigenvalue weighted by atomic mass is 16.4. The van der Waals surface area contributed by atoms with E-state index in [0.29, 0.717) is 24.1 Å². The third kappa shape index (κ3) is 8.98. The first-order valence-corrected chi connectivity index (χ1v) is 12.7. The van der Waals surface area contributed by atoms with Crippen molar-refractivity contribution in [2.24, 2.45) is 0 Å². The van der Waals surface area contributed by atoms with Crippen LogP contribution in [0, 0.1) is 0 Å². The SMILES string of the molecule is O=C(O)CC(NC(=O)C(Cc1ccc(O)cc1)NC(=O)C1CCCN1)C(=O)NC(Cc1ccc(O)cc1)C(=O)O. The molecule has 2 aromatic rings. The Hall–Kier alpha value is -4.65. The second-order valence-corrected chi connectivity index (χ2v) is 9.51. The van der Waals surface area contributed by atoms with E-state index in [1.165, 1.54) is 36.4 Å². The standard InChI is InChI=1S/C27H32N4O9/c32-17-7-3-15(4-8-17)12-20(29-24(36)19-2-1-11-28-19)25(37)30-21(14-23(34)35)26(38)31-22(27(39)40)13-16-5-9-18(33)10-6-16/h3-10,19-22,28,32-33H,1-2,11-14H2,(H,29,36)(H,30,37)(H,31,38)(H,34,35)(H,39,40). The molecule has 13 nitrogen and oxygen atoms in total. The number of phenols is 2. The van der Waals surface area contributed by atoms with Gasteiger partial charge in [-0.2, -0.15) is 0 Å². The molecule has 13 heteroatoms. The third-order valence-electron chi connectivity index (χ3n) is 6.39. The fourth-order valence-electron chi connectivity index (χ4n) is 4.25. The molecule has 0 radical (unpaired) electrons. The number of benzene rings is 2. The number of carbonyl (C=O) groups excluding carboxylic acids is 3. The Balaban J connectivity index is 1.76. The fraction of sp³-hybridized carbons (Fsp3) is 0.370. The van der Waals surface area contributed by atoms with Crippen LogP contribution < -0.4 is 21.3 Å². The zero-order chi connectivity index (χ0) is 29.2. The van der Waals surface area contributed by atoms with Gasteiger partial charge in [0.15, 0.2) is 0 Å². The number of hydrogen-bond donors (Lipinski definition) is 8. The average Bonchev–Trinajstić information content (AvgIpc) is 3.45. The van der Waals surface area contributed by atoms with Crippen LogP contribution in [0.4, 0.5) is 0 Å². The van der Waals surface area contributed by atoms with E-state index in [-0.39, 0.29) is 24.3 Å². The van der Waals surface area contributed by atoms with Crippen LogP contribution in [0.25, 0.3) is 0 Å². The van der Waals surface area contributed by atoms with Gasteiger partial charge in [0.05, 0.1) is 12.5 Å². The van der Waals surface area contributed by atoms with Crippen molar-refractivity contribution in [2.45, 2.75) is 56.3 Å². The van der Waals surface area contributed by atoms with Crippen LogP contribution in [0.15, 0.2) is 48.5 Å². The molecule has 0 bridgehead atoms. The van der Waals surface area contributed by atoms with Crippen LogP contribution in [0.2, 0.25) is 0 Å². The van der Waals surface area contributed by atoms with Crippen molar-refractivity contribution in [1.82, 2.24) is 21.3 Å². The van der Waals surface area contributed by atoms with Crippen LogP contribution in [-0.2, 0) is 36.8 Å². The molecule has 0 aliphatic carbocycles. The molecule has 0 aromatic heterocycles. The minimum atomic E-state index is -1.64. The number of carboxylic acid groups (broad SMARTS) is 2. The second kappa shape index (κ2) is 13.9. The molecule has 2 aromatic carbocycles. The first kappa shape index (κ1) is 29.9. The van der Waals surface area contributed by atoms with E-state index in [2.05, 4.69) is 21.3 Å². The van der Waals surface area contributed by atoms with Crippen molar-refractivity contribution in [3.8, 4) is 11.5 Å². The van der Waals surface area contributed by atoms with Crippen molar-refractivity contribution in [1.29, 1.82) is 0 Å². The van der Waals surface area contributed by atoms with Gasteiger partial charge in [-0.05, 0) is 54.8 Å². The lowest BCUT2D eigenvalue weighted by atomic mass is 10.0. The molecule has 3 rings (SSSR count). The number of phenolic OH excluding ortho intramolecular Hbond substituents is 2. The number of carbonyl (C=O) groups is 5. The first-order chi connectivity index (χ1) is 19.0. The summed E-state index contributed by atoms with van der Waals surface area (Å²) in [6.45, 7) is 0.642. The Labute approximate surface area is 229 Å². The summed E-state index contributed by atoms with van der Waals surface area (Å²) < 4.78 is 0. The molecule has 1 aliphatic rings. The number of aromatic hydroxyl groups is 2. The van der Waals surface area contributed by atoms with Crippen LogP contribution >= 0.6 is 0 Å². The van der Waals surface area contributed by atoms with Gasteiger partial charge in [0.1, 0.15) is 29.6 Å². The zero-order valence-electron chi connectivity index (χ0n) is 21.5. The number of carboxylic acids is 2. The Morgan fingerprint density at radius 3 is 1.73 bits per heavy atom. The highest BCUT2D eigenvalue weighted by molar-refractivity contribution is 5.95. The molecular weight excluding hydrogens is 524 g/mol. The summed E-state index contributed by atoms with van der Waals surface area (Å²) in [5.41, 5.74) is 1.07. The maximum absolute atomic E-state index is 13.3. The molecule has 40 heavy (non-hydrogen) atoms. The summed E-state index contributed by atoms with van der Waals surface area (Å²) in [4.78, 5) is 62.4. The first-order valence-electron chi connectivity index (χ1n) is 12.7. The van der Waals surface area contributed by atoms with Gasteiger partial charge in [-0.15, -0.1) is 0 Å². The Morgan fingerprint density at radius 1 is 0.750 bits per heavy atom. The Morgan fingerprint density at radius 2 is 1.25 bits per heavy atom. The van der Waals surface area contributed by atoms with E-state index >= 15 is 0 Å². The quantitative estimate of drug-likeness (QED) is 0.160. The molecule has 0 spiro atoms. The molecule has 0 saturated carbocycles. The highest BCUT2D eigenvalue weighted by Crippen LogP contribution is 2.14. The Kier molecular flexibility index (Phi) is 10.4. The predicted octanol–water partition coefficient (Wildman–Crippen LogP) is -0.351. The maximum atomic E-state index is 13.3. The predicted molar refractivity (Wildman–Crippen MR) is 140 cm³/mol. The number of hydrogen-bond acceptors (Lipinski definition) is 8. The Bertz CT molecular complexity index is 1210. The van der Waals surface area contributed by atoms with Gasteiger partial charge in [0.25, 0.3) is 0 Å². The fourth-order valence-corrected chi connectivity index (χ4v) is 4.25. The smallest absolute Gasteiger partial charge is 0.326 e. The van der Waals surface area contributed by atoms with Gasteiger partial charge in [0, 0.05) is 12.8 Å². The molecule has 214 valence electrons. The largest absolute Gasteiger partial charge is 0.508 e. The summed E-state index contributed by atoms with van der Waals surface area (Å²) in [5, 5.41) is 48.3. The average molecular weight is 557 g/mol. The van der Waals surface area contributed by atoms with Crippen molar-refractivity contribution in [2.75, 3.05) is 6.54 Å². The van der Waals surface area contributed by atoms with Crippen LogP contribution in [-0.4, -0.2) is 80.8 Å². The van der Waals surface area contributed by atoms with Crippen LogP contribution in [0.1, 0.15) is 30.4 Å². The number of amides is 3. The minimum Gasteiger partial charge on any atom is -0.508 e. The second-order valence-electron chi connectivity index (χ2n) is 9.51. The summed E-state index contributed by atoms with van der Waals surface area (Å²) in [5.74, 6) is -5.14. The summed E-state index contributed by atoms with van der Waals surface area (Å²) in [7, 11) is 0. The molecule has 4 unspecified atom stereocenters. The number of nitrogens with one attached hydrogen (secondary N) is 4. The molecule has 4 atom stereocenters. The van der Waals surface area contributed by atoms with E-state index in [1.807, 2.05) is 0 Å². The topological polar surface area (TPSA) is 214 Å². The lowest BCUT2D eigenvalue weighted by Gasteiger charge is -2.25. The highest BCUT2D eigenvalue weighted by Gasteiger charge is 2.32. The normalized spacial score (nSPS) is 16.8. The van der Waals surface area contributed by atoms with Crippen molar-refractivity contribution >= 4 is 29.7 Å². The van der Waals surface area contributed by atoms with Gasteiger partial charge in [0.2, 0.25) is 17.7 Å². The number of aliphatic carboxylic acids is 2. The minimum absolute atomic E-state index is 0.00225. The summed E-state index contributed by atoms with van der Waals surface area (Å²) >= 11 is 0. The van der Waals surface area contributed by atoms with Crippen LogP contribution in [0.3, 0.4) is 0 Å². The van der Waals surface area contributed by atoms with E-state index in [1.54, 1.807) is 12.1 Å². The lowest BCUT2D eigenvalue weighted by Crippen LogP contribution is -2.58. The lowest BCUT2D eigenvalue weighted by molar-refractivity contribution is -0.143. The molecular formula is C27H32N4O9. The third-order valence-corrected chi connectivity index (χ3v) is 6.39.